The normalized spacial score (nSPS) is 21.4. The number of nitrogens with one attached hydrogen (secondary N) is 1. The molecule has 0 saturated carbocycles. The Bertz CT molecular complexity index is 353. The van der Waals surface area contributed by atoms with E-state index in [0.717, 1.165) is 5.75 Å². The smallest absolute Gasteiger partial charge is 0.137 e. The molecule has 2 heterocycles. The summed E-state index contributed by atoms with van der Waals surface area (Å²) in [5, 5.41) is 4.08. The maximum absolute atomic E-state index is 5.51. The van der Waals surface area contributed by atoms with Gasteiger partial charge in [0, 0.05) is 17.5 Å². The number of ether oxygens (including phenoxy) is 1. The Labute approximate surface area is 107 Å². The van der Waals surface area contributed by atoms with Crippen LogP contribution in [0, 0.1) is 0 Å². The molecular formula is C13H20N2OS. The van der Waals surface area contributed by atoms with Crippen LogP contribution in [0.2, 0.25) is 0 Å². The average Bonchev–Trinajstić information content (AvgIpc) is 2.85. The molecule has 2 unspecified atom stereocenters. The quantitative estimate of drug-likeness (QED) is 0.873. The van der Waals surface area contributed by atoms with Crippen LogP contribution in [0.15, 0.2) is 18.5 Å². The van der Waals surface area contributed by atoms with Crippen LogP contribution in [0.3, 0.4) is 0 Å². The number of aromatic nitrogens is 1. The van der Waals surface area contributed by atoms with E-state index < -0.39 is 0 Å². The summed E-state index contributed by atoms with van der Waals surface area (Å²) in [5.74, 6) is 2.15. The minimum Gasteiger partial charge on any atom is -0.492 e. The lowest BCUT2D eigenvalue weighted by Gasteiger charge is -2.22. The molecule has 0 amide bonds. The summed E-state index contributed by atoms with van der Waals surface area (Å²) in [5.41, 5.74) is 1.23. The maximum atomic E-state index is 5.51. The molecule has 1 fully saturated rings. The Morgan fingerprint density at radius 3 is 3.12 bits per heavy atom. The van der Waals surface area contributed by atoms with Crippen molar-refractivity contribution in [2.75, 3.05) is 19.4 Å². The molecule has 1 aromatic heterocycles. The molecular weight excluding hydrogens is 232 g/mol. The average molecular weight is 252 g/mol. The Morgan fingerprint density at radius 1 is 1.59 bits per heavy atom. The molecule has 1 N–H and O–H groups in total. The molecule has 1 aliphatic rings. The van der Waals surface area contributed by atoms with Crippen molar-refractivity contribution in [2.45, 2.75) is 31.1 Å². The van der Waals surface area contributed by atoms with Crippen molar-refractivity contribution in [1.29, 1.82) is 0 Å². The van der Waals surface area contributed by atoms with Crippen LogP contribution in [-0.2, 0) is 0 Å². The zero-order chi connectivity index (χ0) is 12.1. The molecule has 1 aromatic rings. The van der Waals surface area contributed by atoms with Crippen molar-refractivity contribution in [1.82, 2.24) is 10.3 Å². The first-order chi connectivity index (χ1) is 8.35. The van der Waals surface area contributed by atoms with Gasteiger partial charge in [-0.2, -0.15) is 11.8 Å². The van der Waals surface area contributed by atoms with E-state index in [2.05, 4.69) is 28.1 Å². The van der Waals surface area contributed by atoms with E-state index >= 15 is 0 Å². The second-order valence-electron chi connectivity index (χ2n) is 4.20. The van der Waals surface area contributed by atoms with Crippen LogP contribution < -0.4 is 10.1 Å². The van der Waals surface area contributed by atoms with Crippen molar-refractivity contribution < 1.29 is 4.74 Å². The van der Waals surface area contributed by atoms with Crippen LogP contribution in [0.4, 0.5) is 0 Å². The standard InChI is InChI=1S/C13H20N2OS/c1-3-16-11-7-10(8-15-9-11)13(14-2)12-5-4-6-17-12/h7-9,12-14H,3-6H2,1-2H3. The first-order valence-electron chi connectivity index (χ1n) is 6.21. The lowest BCUT2D eigenvalue weighted by Crippen LogP contribution is -2.25. The van der Waals surface area contributed by atoms with Gasteiger partial charge in [-0.15, -0.1) is 0 Å². The fraction of sp³-hybridized carbons (Fsp3) is 0.615. The monoisotopic (exact) mass is 252 g/mol. The predicted molar refractivity (Wildman–Crippen MR) is 72.7 cm³/mol. The van der Waals surface area contributed by atoms with E-state index in [0.29, 0.717) is 17.9 Å². The van der Waals surface area contributed by atoms with Gasteiger partial charge in [0.1, 0.15) is 5.75 Å². The lowest BCUT2D eigenvalue weighted by atomic mass is 10.0. The fourth-order valence-corrected chi connectivity index (χ4v) is 3.74. The second-order valence-corrected chi connectivity index (χ2v) is 5.55. The number of nitrogens with zero attached hydrogens (tertiary/aromatic N) is 1. The summed E-state index contributed by atoms with van der Waals surface area (Å²) in [6.45, 7) is 2.68. The van der Waals surface area contributed by atoms with Gasteiger partial charge in [-0.3, -0.25) is 4.98 Å². The van der Waals surface area contributed by atoms with Gasteiger partial charge in [0.15, 0.2) is 0 Å². The van der Waals surface area contributed by atoms with Gasteiger partial charge in [-0.1, -0.05) is 0 Å². The number of hydrogen-bond acceptors (Lipinski definition) is 4. The van der Waals surface area contributed by atoms with Crippen molar-refractivity contribution in [3.63, 3.8) is 0 Å². The van der Waals surface area contributed by atoms with Gasteiger partial charge in [-0.05, 0) is 44.2 Å². The predicted octanol–water partition coefficient (Wildman–Crippen LogP) is 2.64. The molecule has 0 spiro atoms. The van der Waals surface area contributed by atoms with E-state index in [9.17, 15) is 0 Å². The van der Waals surface area contributed by atoms with Crippen molar-refractivity contribution in [2.24, 2.45) is 0 Å². The van der Waals surface area contributed by atoms with Crippen LogP contribution in [0.25, 0.3) is 0 Å². The minimum atomic E-state index is 0.385. The van der Waals surface area contributed by atoms with Gasteiger partial charge in [0.25, 0.3) is 0 Å². The Morgan fingerprint density at radius 2 is 2.47 bits per heavy atom. The summed E-state index contributed by atoms with van der Waals surface area (Å²) in [6.07, 6.45) is 6.34. The third-order valence-electron chi connectivity index (χ3n) is 3.05. The molecule has 17 heavy (non-hydrogen) atoms. The molecule has 0 radical (unpaired) electrons. The Balaban J connectivity index is 2.14. The molecule has 0 bridgehead atoms. The highest BCUT2D eigenvalue weighted by atomic mass is 32.2. The fourth-order valence-electron chi connectivity index (χ4n) is 2.28. The molecule has 2 atom stereocenters. The Kier molecular flexibility index (Phi) is 4.68. The van der Waals surface area contributed by atoms with E-state index in [1.807, 2.05) is 20.2 Å². The van der Waals surface area contributed by atoms with E-state index in [1.165, 1.54) is 24.2 Å². The number of hydrogen-bond donors (Lipinski definition) is 1. The van der Waals surface area contributed by atoms with Gasteiger partial charge < -0.3 is 10.1 Å². The largest absolute Gasteiger partial charge is 0.492 e. The topological polar surface area (TPSA) is 34.1 Å². The van der Waals surface area contributed by atoms with Crippen LogP contribution >= 0.6 is 11.8 Å². The van der Waals surface area contributed by atoms with Crippen molar-refractivity contribution in [3.05, 3.63) is 24.0 Å². The first kappa shape index (κ1) is 12.7. The maximum Gasteiger partial charge on any atom is 0.137 e. The Hall–Kier alpha value is -0.740. The van der Waals surface area contributed by atoms with E-state index in [4.69, 9.17) is 4.74 Å². The van der Waals surface area contributed by atoms with Gasteiger partial charge in [0.05, 0.1) is 12.8 Å². The van der Waals surface area contributed by atoms with Crippen molar-refractivity contribution >= 4 is 11.8 Å². The van der Waals surface area contributed by atoms with Crippen LogP contribution in [0.1, 0.15) is 31.4 Å². The minimum absolute atomic E-state index is 0.385. The second kappa shape index (κ2) is 6.26. The molecule has 1 aliphatic heterocycles. The lowest BCUT2D eigenvalue weighted by molar-refractivity contribution is 0.338. The molecule has 0 aliphatic carbocycles. The molecule has 0 aromatic carbocycles. The molecule has 1 saturated heterocycles. The first-order valence-corrected chi connectivity index (χ1v) is 7.26. The van der Waals surface area contributed by atoms with Crippen LogP contribution in [-0.4, -0.2) is 29.6 Å². The van der Waals surface area contributed by atoms with Gasteiger partial charge in [0.2, 0.25) is 0 Å². The number of thioether (sulfide) groups is 1. The van der Waals surface area contributed by atoms with E-state index in [-0.39, 0.29) is 0 Å². The third kappa shape index (κ3) is 3.13. The highest BCUT2D eigenvalue weighted by molar-refractivity contribution is 8.00. The SMILES string of the molecule is CCOc1cncc(C(NC)C2CCCS2)c1. The summed E-state index contributed by atoms with van der Waals surface area (Å²) in [7, 11) is 2.02. The molecule has 94 valence electrons. The van der Waals surface area contributed by atoms with Crippen LogP contribution in [0.5, 0.6) is 5.75 Å². The summed E-state index contributed by atoms with van der Waals surface area (Å²) >= 11 is 2.06. The number of pyridine rings is 1. The molecule has 4 heteroatoms. The summed E-state index contributed by atoms with van der Waals surface area (Å²) in [6, 6.07) is 2.49. The molecule has 2 rings (SSSR count). The van der Waals surface area contributed by atoms with Gasteiger partial charge in [-0.25, -0.2) is 0 Å². The third-order valence-corrected chi connectivity index (χ3v) is 4.51. The van der Waals surface area contributed by atoms with Crippen molar-refractivity contribution in [3.8, 4) is 5.75 Å². The zero-order valence-corrected chi connectivity index (χ0v) is 11.3. The van der Waals surface area contributed by atoms with Gasteiger partial charge >= 0.3 is 0 Å². The summed E-state index contributed by atoms with van der Waals surface area (Å²) < 4.78 is 5.51. The zero-order valence-electron chi connectivity index (χ0n) is 10.5. The summed E-state index contributed by atoms with van der Waals surface area (Å²) in [4.78, 5) is 4.27. The number of rotatable bonds is 5. The van der Waals surface area contributed by atoms with E-state index in [1.54, 1.807) is 6.20 Å². The highest BCUT2D eigenvalue weighted by Crippen LogP contribution is 2.36. The highest BCUT2D eigenvalue weighted by Gasteiger charge is 2.26. The molecule has 3 nitrogen and oxygen atoms in total.